The molecular formula is C21H21F3N4O3. The number of fused-ring (bicyclic) bond motifs is 1. The van der Waals surface area contributed by atoms with Crippen LogP contribution in [0.4, 0.5) is 18.9 Å². The monoisotopic (exact) mass is 434 g/mol. The zero-order valence-corrected chi connectivity index (χ0v) is 16.9. The lowest BCUT2D eigenvalue weighted by Crippen LogP contribution is -2.62. The van der Waals surface area contributed by atoms with E-state index in [4.69, 9.17) is 4.74 Å². The standard InChI is InChI=1S/C21H21F3N4O3/c1-20(23,24)21(6-5-12-3-4-12)15-9-16(22)13(7-17(15)26-19(30)27-21)11-28-18(29)8-14(31-2)10-25-28/h7-10,12,19,26-27,30H,3-4,11H2,1-2H3/t19?,21-/m0/s1. The number of ether oxygens (including phenoxy) is 1. The number of hydrogen-bond acceptors (Lipinski definition) is 6. The van der Waals surface area contributed by atoms with Crippen molar-refractivity contribution in [1.82, 2.24) is 15.1 Å². The van der Waals surface area contributed by atoms with E-state index in [1.165, 1.54) is 25.4 Å². The van der Waals surface area contributed by atoms with Crippen LogP contribution in [-0.2, 0) is 12.1 Å². The molecule has 0 radical (unpaired) electrons. The van der Waals surface area contributed by atoms with Gasteiger partial charge in [-0.25, -0.2) is 23.2 Å². The number of alkyl halides is 2. The normalized spacial score (nSPS) is 22.7. The average Bonchev–Trinajstić information content (AvgIpc) is 3.52. The van der Waals surface area contributed by atoms with Gasteiger partial charge in [0.25, 0.3) is 11.5 Å². The Bertz CT molecular complexity index is 1130. The molecule has 0 saturated heterocycles. The molecule has 1 aliphatic carbocycles. The predicted octanol–water partition coefficient (Wildman–Crippen LogP) is 1.99. The van der Waals surface area contributed by atoms with Gasteiger partial charge in [-0.05, 0) is 25.0 Å². The molecule has 10 heteroatoms. The molecule has 2 aliphatic rings. The molecule has 7 nitrogen and oxygen atoms in total. The molecule has 4 rings (SSSR count). The van der Waals surface area contributed by atoms with Crippen LogP contribution >= 0.6 is 0 Å². The van der Waals surface area contributed by atoms with Gasteiger partial charge in [-0.15, -0.1) is 0 Å². The number of aliphatic hydroxyl groups excluding tert-OH is 1. The van der Waals surface area contributed by atoms with Crippen LogP contribution in [0.25, 0.3) is 0 Å². The predicted molar refractivity (Wildman–Crippen MR) is 106 cm³/mol. The number of anilines is 1. The smallest absolute Gasteiger partial charge is 0.278 e. The van der Waals surface area contributed by atoms with Crippen LogP contribution in [0.2, 0.25) is 0 Å². The summed E-state index contributed by atoms with van der Waals surface area (Å²) in [5.41, 5.74) is -2.78. The van der Waals surface area contributed by atoms with Gasteiger partial charge in [0, 0.05) is 35.7 Å². The third-order valence-electron chi connectivity index (χ3n) is 5.34. The number of methoxy groups -OCH3 is 1. The fourth-order valence-corrected chi connectivity index (χ4v) is 3.46. The molecule has 0 spiro atoms. The number of benzene rings is 1. The van der Waals surface area contributed by atoms with Crippen LogP contribution in [0.3, 0.4) is 0 Å². The van der Waals surface area contributed by atoms with Crippen molar-refractivity contribution in [3.8, 4) is 17.6 Å². The molecule has 0 amide bonds. The Balaban J connectivity index is 1.79. The minimum Gasteiger partial charge on any atom is -0.495 e. The minimum atomic E-state index is -3.44. The lowest BCUT2D eigenvalue weighted by molar-refractivity contribution is -0.0719. The molecular weight excluding hydrogens is 413 g/mol. The summed E-state index contributed by atoms with van der Waals surface area (Å²) in [5.74, 6) is 1.43. The van der Waals surface area contributed by atoms with Crippen molar-refractivity contribution in [1.29, 1.82) is 0 Å². The summed E-state index contributed by atoms with van der Waals surface area (Å²) in [6, 6.07) is 3.45. The number of hydrogen-bond donors (Lipinski definition) is 3. The van der Waals surface area contributed by atoms with Gasteiger partial charge in [-0.1, -0.05) is 11.8 Å². The van der Waals surface area contributed by atoms with Crippen LogP contribution in [0.15, 0.2) is 29.2 Å². The van der Waals surface area contributed by atoms with Gasteiger partial charge in [-0.3, -0.25) is 4.79 Å². The molecule has 2 atom stereocenters. The first kappa shape index (κ1) is 21.2. The highest BCUT2D eigenvalue weighted by molar-refractivity contribution is 5.62. The molecule has 1 fully saturated rings. The Kier molecular flexibility index (Phi) is 5.19. The highest BCUT2D eigenvalue weighted by Crippen LogP contribution is 2.44. The number of aliphatic hydroxyl groups is 1. The van der Waals surface area contributed by atoms with Gasteiger partial charge in [0.05, 0.1) is 19.9 Å². The molecule has 1 saturated carbocycles. The Morgan fingerprint density at radius 3 is 2.74 bits per heavy atom. The van der Waals surface area contributed by atoms with Gasteiger partial charge < -0.3 is 15.2 Å². The summed E-state index contributed by atoms with van der Waals surface area (Å²) < 4.78 is 50.5. The van der Waals surface area contributed by atoms with Crippen molar-refractivity contribution in [3.63, 3.8) is 0 Å². The first-order chi connectivity index (χ1) is 14.6. The van der Waals surface area contributed by atoms with Crippen molar-refractivity contribution in [3.05, 3.63) is 51.7 Å². The summed E-state index contributed by atoms with van der Waals surface area (Å²) in [6.07, 6.45) is 1.41. The third kappa shape index (κ3) is 3.98. The number of halogens is 3. The fourth-order valence-electron chi connectivity index (χ4n) is 3.46. The Morgan fingerprint density at radius 2 is 2.13 bits per heavy atom. The van der Waals surface area contributed by atoms with Gasteiger partial charge >= 0.3 is 0 Å². The van der Waals surface area contributed by atoms with E-state index in [1.807, 2.05) is 0 Å². The van der Waals surface area contributed by atoms with Crippen LogP contribution < -0.4 is 20.9 Å². The first-order valence-corrected chi connectivity index (χ1v) is 9.70. The zero-order valence-electron chi connectivity index (χ0n) is 16.9. The second-order valence-corrected chi connectivity index (χ2v) is 7.75. The highest BCUT2D eigenvalue weighted by atomic mass is 19.3. The molecule has 0 bridgehead atoms. The van der Waals surface area contributed by atoms with E-state index in [1.54, 1.807) is 0 Å². The Hall–Kier alpha value is -3.03. The number of aromatic nitrogens is 2. The molecule has 1 aromatic carbocycles. The molecule has 1 aliphatic heterocycles. The van der Waals surface area contributed by atoms with Gasteiger partial charge in [0.15, 0.2) is 11.9 Å². The Labute approximate surface area is 176 Å². The van der Waals surface area contributed by atoms with Crippen LogP contribution in [0.5, 0.6) is 5.75 Å². The van der Waals surface area contributed by atoms with Crippen LogP contribution in [0.1, 0.15) is 30.9 Å². The van der Waals surface area contributed by atoms with Crippen LogP contribution in [0, 0.1) is 23.6 Å². The van der Waals surface area contributed by atoms with E-state index in [-0.39, 0.29) is 35.0 Å². The van der Waals surface area contributed by atoms with Crippen molar-refractivity contribution < 1.29 is 23.0 Å². The van der Waals surface area contributed by atoms with Crippen molar-refractivity contribution in [2.75, 3.05) is 12.4 Å². The van der Waals surface area contributed by atoms with E-state index >= 15 is 4.39 Å². The lowest BCUT2D eigenvalue weighted by Gasteiger charge is -2.42. The summed E-state index contributed by atoms with van der Waals surface area (Å²) >= 11 is 0. The molecule has 164 valence electrons. The molecule has 1 unspecified atom stereocenters. The maximum absolute atomic E-state index is 15.0. The molecule has 2 aromatic rings. The van der Waals surface area contributed by atoms with Crippen molar-refractivity contribution in [2.45, 2.75) is 44.1 Å². The second kappa shape index (κ2) is 7.59. The van der Waals surface area contributed by atoms with Crippen LogP contribution in [-0.4, -0.2) is 34.3 Å². The van der Waals surface area contributed by atoms with Gasteiger partial charge in [-0.2, -0.15) is 5.10 Å². The van der Waals surface area contributed by atoms with E-state index in [0.717, 1.165) is 23.6 Å². The summed E-state index contributed by atoms with van der Waals surface area (Å²) in [5, 5.41) is 19.1. The number of nitrogens with zero attached hydrogens (tertiary/aromatic N) is 2. The Morgan fingerprint density at radius 1 is 1.39 bits per heavy atom. The largest absolute Gasteiger partial charge is 0.495 e. The number of nitrogens with one attached hydrogen (secondary N) is 2. The maximum atomic E-state index is 15.0. The summed E-state index contributed by atoms with van der Waals surface area (Å²) in [6.45, 7) is 0.437. The molecule has 31 heavy (non-hydrogen) atoms. The molecule has 2 heterocycles. The zero-order chi connectivity index (χ0) is 22.4. The lowest BCUT2D eigenvalue weighted by atomic mass is 9.81. The van der Waals surface area contributed by atoms with Crippen molar-refractivity contribution in [2.24, 2.45) is 5.92 Å². The fraction of sp³-hybridized carbons (Fsp3) is 0.429. The van der Waals surface area contributed by atoms with E-state index in [0.29, 0.717) is 6.92 Å². The quantitative estimate of drug-likeness (QED) is 0.638. The second-order valence-electron chi connectivity index (χ2n) is 7.75. The molecule has 1 aromatic heterocycles. The van der Waals surface area contributed by atoms with E-state index in [2.05, 4.69) is 27.6 Å². The van der Waals surface area contributed by atoms with Crippen molar-refractivity contribution >= 4 is 5.69 Å². The van der Waals surface area contributed by atoms with E-state index < -0.39 is 29.2 Å². The topological polar surface area (TPSA) is 88.4 Å². The third-order valence-corrected chi connectivity index (χ3v) is 5.34. The SMILES string of the molecule is COc1cnn(Cc2cc3c(cc2F)[C@@](C#CC2CC2)(C(C)(F)F)NC(O)N3)c(=O)c1. The first-order valence-electron chi connectivity index (χ1n) is 9.70. The molecule has 3 N–H and O–H groups in total. The van der Waals surface area contributed by atoms with Gasteiger partial charge in [0.1, 0.15) is 11.6 Å². The summed E-state index contributed by atoms with van der Waals surface area (Å²) in [7, 11) is 1.39. The minimum absolute atomic E-state index is 0.0219. The van der Waals surface area contributed by atoms with E-state index in [9.17, 15) is 18.7 Å². The highest BCUT2D eigenvalue weighted by Gasteiger charge is 2.55. The number of rotatable bonds is 4. The maximum Gasteiger partial charge on any atom is 0.278 e. The summed E-state index contributed by atoms with van der Waals surface area (Å²) in [4.78, 5) is 12.2. The average molecular weight is 434 g/mol. The van der Waals surface area contributed by atoms with Gasteiger partial charge in [0.2, 0.25) is 0 Å².